The minimum Gasteiger partial charge on any atom is -0.372 e. The van der Waals surface area contributed by atoms with Crippen molar-refractivity contribution in [1.82, 2.24) is 5.32 Å². The standard InChI is InChI=1S/C16H25NO/c1-4-12(3)8-16(17-5-2)13-6-7-14-10-18-11-15(14)9-13/h6-7,9,12,16-17H,4-5,8,10-11H2,1-3H3. The molecular weight excluding hydrogens is 222 g/mol. The predicted octanol–water partition coefficient (Wildman–Crippen LogP) is 3.80. The molecule has 2 unspecified atom stereocenters. The fraction of sp³-hybridized carbons (Fsp3) is 0.625. The molecule has 1 heterocycles. The SMILES string of the molecule is CCNC(CC(C)CC)c1ccc2c(c1)COC2. The zero-order valence-electron chi connectivity index (χ0n) is 11.8. The molecule has 0 saturated carbocycles. The van der Waals surface area contributed by atoms with Crippen LogP contribution in [0.3, 0.4) is 0 Å². The van der Waals surface area contributed by atoms with E-state index in [9.17, 15) is 0 Å². The van der Waals surface area contributed by atoms with Crippen LogP contribution >= 0.6 is 0 Å². The summed E-state index contributed by atoms with van der Waals surface area (Å²) in [5, 5.41) is 3.61. The van der Waals surface area contributed by atoms with Gasteiger partial charge in [0.15, 0.2) is 0 Å². The smallest absolute Gasteiger partial charge is 0.0725 e. The molecule has 0 aromatic heterocycles. The van der Waals surface area contributed by atoms with E-state index in [1.807, 2.05) is 0 Å². The van der Waals surface area contributed by atoms with E-state index in [1.165, 1.54) is 29.5 Å². The molecule has 0 amide bonds. The van der Waals surface area contributed by atoms with Crippen LogP contribution in [0.25, 0.3) is 0 Å². The highest BCUT2D eigenvalue weighted by molar-refractivity contribution is 5.34. The minimum atomic E-state index is 0.482. The Kier molecular flexibility index (Phi) is 4.79. The van der Waals surface area contributed by atoms with Gasteiger partial charge in [0.25, 0.3) is 0 Å². The number of rotatable bonds is 6. The average molecular weight is 247 g/mol. The van der Waals surface area contributed by atoms with E-state index >= 15 is 0 Å². The van der Waals surface area contributed by atoms with Gasteiger partial charge in [-0.05, 0) is 35.6 Å². The lowest BCUT2D eigenvalue weighted by Crippen LogP contribution is -2.23. The number of benzene rings is 1. The van der Waals surface area contributed by atoms with Crippen molar-refractivity contribution in [2.75, 3.05) is 6.54 Å². The highest BCUT2D eigenvalue weighted by atomic mass is 16.5. The van der Waals surface area contributed by atoms with Crippen LogP contribution in [0.5, 0.6) is 0 Å². The summed E-state index contributed by atoms with van der Waals surface area (Å²) in [5.74, 6) is 0.763. The van der Waals surface area contributed by atoms with E-state index in [0.717, 1.165) is 25.7 Å². The van der Waals surface area contributed by atoms with Gasteiger partial charge >= 0.3 is 0 Å². The number of nitrogens with one attached hydrogen (secondary N) is 1. The molecule has 1 N–H and O–H groups in total. The Morgan fingerprint density at radius 2 is 2.00 bits per heavy atom. The van der Waals surface area contributed by atoms with Gasteiger partial charge in [-0.1, -0.05) is 45.4 Å². The average Bonchev–Trinajstić information content (AvgIpc) is 2.85. The summed E-state index contributed by atoms with van der Waals surface area (Å²) in [6.07, 6.45) is 2.46. The Morgan fingerprint density at radius 3 is 2.72 bits per heavy atom. The summed E-state index contributed by atoms with van der Waals surface area (Å²) in [5.41, 5.74) is 4.15. The van der Waals surface area contributed by atoms with Crippen molar-refractivity contribution in [2.45, 2.75) is 52.9 Å². The molecule has 2 heteroatoms. The quantitative estimate of drug-likeness (QED) is 0.825. The Morgan fingerprint density at radius 1 is 1.22 bits per heavy atom. The number of fused-ring (bicyclic) bond motifs is 1. The first-order valence-electron chi connectivity index (χ1n) is 7.17. The third kappa shape index (κ3) is 3.12. The van der Waals surface area contributed by atoms with Crippen molar-refractivity contribution in [3.8, 4) is 0 Å². The van der Waals surface area contributed by atoms with Gasteiger partial charge in [-0.25, -0.2) is 0 Å². The minimum absolute atomic E-state index is 0.482. The van der Waals surface area contributed by atoms with Gasteiger partial charge < -0.3 is 10.1 Å². The van der Waals surface area contributed by atoms with Crippen molar-refractivity contribution in [2.24, 2.45) is 5.92 Å². The topological polar surface area (TPSA) is 21.3 Å². The molecule has 1 aliphatic rings. The monoisotopic (exact) mass is 247 g/mol. The third-order valence-electron chi connectivity index (χ3n) is 3.93. The van der Waals surface area contributed by atoms with Gasteiger partial charge in [0, 0.05) is 6.04 Å². The second kappa shape index (κ2) is 6.35. The maximum atomic E-state index is 5.49. The largest absolute Gasteiger partial charge is 0.372 e. The number of hydrogen-bond donors (Lipinski definition) is 1. The van der Waals surface area contributed by atoms with E-state index in [0.29, 0.717) is 6.04 Å². The number of ether oxygens (including phenoxy) is 1. The molecule has 0 saturated heterocycles. The maximum absolute atomic E-state index is 5.49. The molecule has 0 radical (unpaired) electrons. The Bertz CT molecular complexity index is 389. The summed E-state index contributed by atoms with van der Waals surface area (Å²) in [4.78, 5) is 0. The van der Waals surface area contributed by atoms with Crippen LogP contribution in [0.4, 0.5) is 0 Å². The van der Waals surface area contributed by atoms with Crippen LogP contribution in [0.1, 0.15) is 56.3 Å². The van der Waals surface area contributed by atoms with Gasteiger partial charge in [-0.2, -0.15) is 0 Å². The molecule has 2 rings (SSSR count). The van der Waals surface area contributed by atoms with E-state index in [4.69, 9.17) is 4.74 Å². The Balaban J connectivity index is 2.14. The van der Waals surface area contributed by atoms with Gasteiger partial charge in [-0.15, -0.1) is 0 Å². The highest BCUT2D eigenvalue weighted by Crippen LogP contribution is 2.27. The van der Waals surface area contributed by atoms with E-state index in [-0.39, 0.29) is 0 Å². The van der Waals surface area contributed by atoms with E-state index in [2.05, 4.69) is 44.3 Å². The first-order valence-corrected chi connectivity index (χ1v) is 7.17. The molecule has 1 aromatic carbocycles. The van der Waals surface area contributed by atoms with Crippen LogP contribution in [0.15, 0.2) is 18.2 Å². The molecule has 1 aromatic rings. The van der Waals surface area contributed by atoms with E-state index < -0.39 is 0 Å². The second-order valence-electron chi connectivity index (χ2n) is 5.38. The van der Waals surface area contributed by atoms with Crippen molar-refractivity contribution in [1.29, 1.82) is 0 Å². The van der Waals surface area contributed by atoms with Gasteiger partial charge in [-0.3, -0.25) is 0 Å². The molecule has 0 aliphatic carbocycles. The van der Waals surface area contributed by atoms with Crippen LogP contribution in [-0.4, -0.2) is 6.54 Å². The van der Waals surface area contributed by atoms with Crippen molar-refractivity contribution >= 4 is 0 Å². The fourth-order valence-electron chi connectivity index (χ4n) is 2.56. The fourth-order valence-corrected chi connectivity index (χ4v) is 2.56. The third-order valence-corrected chi connectivity index (χ3v) is 3.93. The predicted molar refractivity (Wildman–Crippen MR) is 75.4 cm³/mol. The summed E-state index contributed by atoms with van der Waals surface area (Å²) >= 11 is 0. The Hall–Kier alpha value is -0.860. The zero-order valence-corrected chi connectivity index (χ0v) is 11.8. The zero-order chi connectivity index (χ0) is 13.0. The maximum Gasteiger partial charge on any atom is 0.0725 e. The summed E-state index contributed by atoms with van der Waals surface area (Å²) in [6, 6.07) is 7.32. The molecular formula is C16H25NO. The molecule has 0 spiro atoms. The van der Waals surface area contributed by atoms with Crippen LogP contribution in [-0.2, 0) is 18.0 Å². The summed E-state index contributed by atoms with van der Waals surface area (Å²) in [7, 11) is 0. The summed E-state index contributed by atoms with van der Waals surface area (Å²) < 4.78 is 5.49. The molecule has 0 fully saturated rings. The van der Waals surface area contributed by atoms with Crippen molar-refractivity contribution in [3.63, 3.8) is 0 Å². The van der Waals surface area contributed by atoms with Crippen LogP contribution in [0, 0.1) is 5.92 Å². The lowest BCUT2D eigenvalue weighted by molar-refractivity contribution is 0.134. The molecule has 2 atom stereocenters. The van der Waals surface area contributed by atoms with E-state index in [1.54, 1.807) is 0 Å². The van der Waals surface area contributed by atoms with Crippen molar-refractivity contribution in [3.05, 3.63) is 34.9 Å². The molecule has 100 valence electrons. The second-order valence-corrected chi connectivity index (χ2v) is 5.38. The van der Waals surface area contributed by atoms with Crippen molar-refractivity contribution < 1.29 is 4.74 Å². The first kappa shape index (κ1) is 13.6. The highest BCUT2D eigenvalue weighted by Gasteiger charge is 2.17. The molecule has 0 bridgehead atoms. The van der Waals surface area contributed by atoms with Gasteiger partial charge in [0.1, 0.15) is 0 Å². The van der Waals surface area contributed by atoms with Crippen LogP contribution < -0.4 is 5.32 Å². The van der Waals surface area contributed by atoms with Crippen LogP contribution in [0.2, 0.25) is 0 Å². The molecule has 2 nitrogen and oxygen atoms in total. The summed E-state index contributed by atoms with van der Waals surface area (Å²) in [6.45, 7) is 9.37. The lowest BCUT2D eigenvalue weighted by Gasteiger charge is -2.22. The molecule has 18 heavy (non-hydrogen) atoms. The van der Waals surface area contributed by atoms with Gasteiger partial charge in [0.05, 0.1) is 13.2 Å². The normalized spacial score (nSPS) is 17.5. The van der Waals surface area contributed by atoms with Gasteiger partial charge in [0.2, 0.25) is 0 Å². The molecule has 1 aliphatic heterocycles. The first-order chi connectivity index (χ1) is 8.74. The Labute approximate surface area is 111 Å². The number of hydrogen-bond acceptors (Lipinski definition) is 2. The lowest BCUT2D eigenvalue weighted by atomic mass is 9.92.